The van der Waals surface area contributed by atoms with Gasteiger partial charge in [-0.2, -0.15) is 0 Å². The molecule has 0 saturated carbocycles. The molecule has 10 heteroatoms. The molecule has 1 saturated heterocycles. The highest BCUT2D eigenvalue weighted by Crippen LogP contribution is 2.41. The smallest absolute Gasteiger partial charge is 0.401 e. The van der Waals surface area contributed by atoms with Crippen molar-refractivity contribution in [2.24, 2.45) is 0 Å². The van der Waals surface area contributed by atoms with E-state index >= 15 is 0 Å². The van der Waals surface area contributed by atoms with Crippen LogP contribution in [0.3, 0.4) is 0 Å². The van der Waals surface area contributed by atoms with Crippen LogP contribution in [0.25, 0.3) is 6.08 Å². The highest BCUT2D eigenvalue weighted by atomic mass is 32.2. The fourth-order valence-corrected chi connectivity index (χ4v) is 3.92. The van der Waals surface area contributed by atoms with Gasteiger partial charge in [-0.15, -0.1) is 21.5 Å². The van der Waals surface area contributed by atoms with Gasteiger partial charge in [0, 0.05) is 0 Å². The van der Waals surface area contributed by atoms with E-state index in [0.717, 1.165) is 23.2 Å². The Bertz CT molecular complexity index is 839. The van der Waals surface area contributed by atoms with Crippen molar-refractivity contribution in [2.75, 3.05) is 0 Å². The summed E-state index contributed by atoms with van der Waals surface area (Å²) in [6, 6.07) is 2.63. The summed E-state index contributed by atoms with van der Waals surface area (Å²) in [5, 5.41) is 28.1. The lowest BCUT2D eigenvalue weighted by Gasteiger charge is -2.00. The van der Waals surface area contributed by atoms with Crippen molar-refractivity contribution in [3.8, 4) is 0 Å². The molecule has 0 bridgehead atoms. The monoisotopic (exact) mass is 350 g/mol. The number of hydrogen-bond acceptors (Lipinski definition) is 9. The lowest BCUT2D eigenvalue weighted by Crippen LogP contribution is -2.11. The normalized spacial score (nSPS) is 19.7. The number of furan rings is 1. The third-order valence-electron chi connectivity index (χ3n) is 3.08. The number of ketones is 1. The van der Waals surface area contributed by atoms with Crippen LogP contribution in [0.15, 0.2) is 21.5 Å². The van der Waals surface area contributed by atoms with Crippen LogP contribution in [-0.4, -0.2) is 25.9 Å². The van der Waals surface area contributed by atoms with Crippen LogP contribution in [0.2, 0.25) is 0 Å². The van der Waals surface area contributed by atoms with Gasteiger partial charge in [0.2, 0.25) is 0 Å². The Hall–Kier alpha value is -2.33. The first-order valence-electron chi connectivity index (χ1n) is 6.58. The van der Waals surface area contributed by atoms with Gasteiger partial charge in [0.05, 0.1) is 16.0 Å². The SMILES string of the molecule is CCc1nnc([C@@H]2C(=N)S/C(=C\c3ccc([N+](=O)[O-])o3)C2=O)s1. The van der Waals surface area contributed by atoms with E-state index < -0.39 is 16.7 Å². The van der Waals surface area contributed by atoms with Crippen LogP contribution in [0.5, 0.6) is 0 Å². The molecule has 1 aliphatic heterocycles. The first kappa shape index (κ1) is 15.6. The van der Waals surface area contributed by atoms with Gasteiger partial charge in [0.1, 0.15) is 26.6 Å². The summed E-state index contributed by atoms with van der Waals surface area (Å²) >= 11 is 2.33. The summed E-state index contributed by atoms with van der Waals surface area (Å²) in [4.78, 5) is 22.8. The van der Waals surface area contributed by atoms with Crippen molar-refractivity contribution in [3.05, 3.63) is 42.9 Å². The Morgan fingerprint density at radius 1 is 1.48 bits per heavy atom. The topological polar surface area (TPSA) is 123 Å². The third kappa shape index (κ3) is 2.94. The van der Waals surface area contributed by atoms with Gasteiger partial charge in [-0.25, -0.2) is 0 Å². The molecule has 118 valence electrons. The summed E-state index contributed by atoms with van der Waals surface area (Å²) in [6.45, 7) is 1.94. The Labute approximate surface area is 138 Å². The summed E-state index contributed by atoms with van der Waals surface area (Å²) in [5.41, 5.74) is 0. The standard InChI is InChI=1S/C13H10N4O4S2/c1-2-8-15-16-13(23-8)10-11(18)7(22-12(10)14)5-6-3-4-9(21-6)17(19)20/h3-5,10,14H,2H2,1H3/b7-5-,14-12?/t10-/m0/s1. The summed E-state index contributed by atoms with van der Waals surface area (Å²) in [6.07, 6.45) is 2.13. The predicted octanol–water partition coefficient (Wildman–Crippen LogP) is 3.02. The minimum atomic E-state index is -0.742. The molecule has 2 aromatic rings. The van der Waals surface area contributed by atoms with Crippen LogP contribution >= 0.6 is 23.1 Å². The molecule has 1 fully saturated rings. The van der Waals surface area contributed by atoms with E-state index in [1.165, 1.54) is 29.5 Å². The van der Waals surface area contributed by atoms with E-state index in [1.54, 1.807) is 0 Å². The molecule has 0 amide bonds. The van der Waals surface area contributed by atoms with Crippen LogP contribution in [-0.2, 0) is 11.2 Å². The Kier molecular flexibility index (Phi) is 4.09. The number of aromatic nitrogens is 2. The maximum absolute atomic E-state index is 12.5. The van der Waals surface area contributed by atoms with Crippen LogP contribution in [0.4, 0.5) is 5.88 Å². The van der Waals surface area contributed by atoms with E-state index in [1.807, 2.05) is 6.92 Å². The molecule has 0 spiro atoms. The molecular formula is C13H10N4O4S2. The van der Waals surface area contributed by atoms with Crippen LogP contribution in [0, 0.1) is 15.5 Å². The molecule has 3 rings (SSSR count). The second-order valence-electron chi connectivity index (χ2n) is 4.59. The summed E-state index contributed by atoms with van der Waals surface area (Å²) in [5.74, 6) is -1.20. The zero-order chi connectivity index (χ0) is 16.6. The molecule has 8 nitrogen and oxygen atoms in total. The number of hydrogen-bond donors (Lipinski definition) is 1. The van der Waals surface area contributed by atoms with Crippen LogP contribution < -0.4 is 0 Å². The predicted molar refractivity (Wildman–Crippen MR) is 85.7 cm³/mol. The van der Waals surface area contributed by atoms with Gasteiger partial charge < -0.3 is 4.42 Å². The first-order valence-corrected chi connectivity index (χ1v) is 8.21. The molecule has 0 unspecified atom stereocenters. The van der Waals surface area contributed by atoms with Gasteiger partial charge in [-0.1, -0.05) is 18.7 Å². The van der Waals surface area contributed by atoms with Gasteiger partial charge in [0.15, 0.2) is 5.78 Å². The lowest BCUT2D eigenvalue weighted by atomic mass is 10.1. The number of Topliss-reactive ketones (excluding diaryl/α,β-unsaturated/α-hetero) is 1. The Morgan fingerprint density at radius 3 is 2.87 bits per heavy atom. The molecule has 3 heterocycles. The second kappa shape index (κ2) is 6.05. The summed E-state index contributed by atoms with van der Waals surface area (Å²) < 4.78 is 5.02. The average Bonchev–Trinajstić information content (AvgIpc) is 3.20. The molecule has 0 aliphatic carbocycles. The van der Waals surface area contributed by atoms with E-state index in [9.17, 15) is 14.9 Å². The molecule has 1 N–H and O–H groups in total. The Morgan fingerprint density at radius 2 is 2.26 bits per heavy atom. The van der Waals surface area contributed by atoms with Crippen molar-refractivity contribution in [3.63, 3.8) is 0 Å². The number of nitro groups is 1. The van der Waals surface area contributed by atoms with Gasteiger partial charge in [-0.05, 0) is 18.6 Å². The third-order valence-corrected chi connectivity index (χ3v) is 5.21. The number of nitrogens with one attached hydrogen (secondary N) is 1. The highest BCUT2D eigenvalue weighted by molar-refractivity contribution is 8.19. The average molecular weight is 350 g/mol. The van der Waals surface area contributed by atoms with Crippen molar-refractivity contribution in [1.29, 1.82) is 5.41 Å². The van der Waals surface area contributed by atoms with Crippen molar-refractivity contribution in [1.82, 2.24) is 10.2 Å². The molecule has 0 aromatic carbocycles. The zero-order valence-electron chi connectivity index (χ0n) is 11.8. The minimum absolute atomic E-state index is 0.168. The maximum Gasteiger partial charge on any atom is 0.433 e. The fourth-order valence-electron chi connectivity index (χ4n) is 1.99. The van der Waals surface area contributed by atoms with Crippen LogP contribution in [0.1, 0.15) is 28.6 Å². The number of aryl methyl sites for hydroxylation is 1. The minimum Gasteiger partial charge on any atom is -0.401 e. The number of carbonyl (C=O) groups is 1. The van der Waals surface area contributed by atoms with E-state index in [4.69, 9.17) is 9.83 Å². The fraction of sp³-hybridized carbons (Fsp3) is 0.231. The lowest BCUT2D eigenvalue weighted by molar-refractivity contribution is -0.402. The van der Waals surface area contributed by atoms with Gasteiger partial charge in [-0.3, -0.25) is 20.3 Å². The maximum atomic E-state index is 12.5. The van der Waals surface area contributed by atoms with Gasteiger partial charge >= 0.3 is 5.88 Å². The number of rotatable bonds is 4. The van der Waals surface area contributed by atoms with E-state index in [0.29, 0.717) is 9.91 Å². The number of nitrogens with zero attached hydrogens (tertiary/aromatic N) is 3. The molecule has 2 aromatic heterocycles. The quantitative estimate of drug-likeness (QED) is 0.510. The summed E-state index contributed by atoms with van der Waals surface area (Å²) in [7, 11) is 0. The first-order chi connectivity index (χ1) is 11.0. The van der Waals surface area contributed by atoms with E-state index in [-0.39, 0.29) is 16.6 Å². The molecular weight excluding hydrogens is 340 g/mol. The Balaban J connectivity index is 1.88. The zero-order valence-corrected chi connectivity index (χ0v) is 13.4. The number of allylic oxidation sites excluding steroid dienone is 1. The van der Waals surface area contributed by atoms with Crippen molar-refractivity contribution >= 4 is 45.9 Å². The largest absolute Gasteiger partial charge is 0.433 e. The van der Waals surface area contributed by atoms with Crippen molar-refractivity contribution in [2.45, 2.75) is 19.3 Å². The number of thioether (sulfide) groups is 1. The number of carbonyl (C=O) groups excluding carboxylic acids is 1. The van der Waals surface area contributed by atoms with Crippen molar-refractivity contribution < 1.29 is 14.1 Å². The molecule has 1 aliphatic rings. The highest BCUT2D eigenvalue weighted by Gasteiger charge is 2.39. The van der Waals surface area contributed by atoms with E-state index in [2.05, 4.69) is 10.2 Å². The molecule has 1 atom stereocenters. The second-order valence-corrected chi connectivity index (χ2v) is 6.77. The molecule has 0 radical (unpaired) electrons. The molecule has 23 heavy (non-hydrogen) atoms. The van der Waals surface area contributed by atoms with Gasteiger partial charge in [0.25, 0.3) is 0 Å².